The lowest BCUT2D eigenvalue weighted by Crippen LogP contribution is -2.47. The Morgan fingerprint density at radius 3 is 2.41 bits per heavy atom. The standard InChI is InChI=1S/C17H33N3O2/c1-17(2,3)22-16(21)19(4)10-6-9-18-13-11-14-7-8-15(12-13)20(14)5/h13-15,18H,6-12H2,1-5H3. The van der Waals surface area contributed by atoms with Crippen LogP contribution in [0.15, 0.2) is 0 Å². The maximum atomic E-state index is 11.9. The van der Waals surface area contributed by atoms with E-state index in [-0.39, 0.29) is 6.09 Å². The zero-order valence-electron chi connectivity index (χ0n) is 14.9. The number of nitrogens with one attached hydrogen (secondary N) is 1. The van der Waals surface area contributed by atoms with Crippen LogP contribution in [0.5, 0.6) is 0 Å². The third-order valence-corrected chi connectivity index (χ3v) is 4.91. The molecule has 2 heterocycles. The van der Waals surface area contributed by atoms with Crippen LogP contribution in [0.3, 0.4) is 0 Å². The highest BCUT2D eigenvalue weighted by Crippen LogP contribution is 2.34. The largest absolute Gasteiger partial charge is 0.444 e. The van der Waals surface area contributed by atoms with E-state index in [1.807, 2.05) is 27.8 Å². The number of hydrogen-bond donors (Lipinski definition) is 1. The Bertz CT molecular complexity index is 367. The summed E-state index contributed by atoms with van der Waals surface area (Å²) < 4.78 is 5.36. The lowest BCUT2D eigenvalue weighted by molar-refractivity contribution is 0.0296. The first-order valence-electron chi connectivity index (χ1n) is 8.65. The van der Waals surface area contributed by atoms with Crippen LogP contribution < -0.4 is 5.32 Å². The van der Waals surface area contributed by atoms with Crippen LogP contribution in [0.25, 0.3) is 0 Å². The molecule has 2 saturated heterocycles. The van der Waals surface area contributed by atoms with Gasteiger partial charge in [-0.15, -0.1) is 0 Å². The average Bonchev–Trinajstić information content (AvgIpc) is 2.63. The van der Waals surface area contributed by atoms with Crippen molar-refractivity contribution in [2.45, 2.75) is 76.6 Å². The Kier molecular flexibility index (Phi) is 5.72. The number of carbonyl (C=O) groups is 1. The van der Waals surface area contributed by atoms with Crippen molar-refractivity contribution in [2.75, 3.05) is 27.2 Å². The van der Waals surface area contributed by atoms with Gasteiger partial charge in [-0.1, -0.05) is 0 Å². The van der Waals surface area contributed by atoms with Gasteiger partial charge in [0.05, 0.1) is 0 Å². The molecule has 2 aliphatic heterocycles. The first kappa shape index (κ1) is 17.5. The summed E-state index contributed by atoms with van der Waals surface area (Å²) in [4.78, 5) is 16.1. The van der Waals surface area contributed by atoms with Gasteiger partial charge in [-0.25, -0.2) is 4.79 Å². The maximum Gasteiger partial charge on any atom is 0.410 e. The monoisotopic (exact) mass is 311 g/mol. The molecule has 2 bridgehead atoms. The Hall–Kier alpha value is -0.810. The van der Waals surface area contributed by atoms with E-state index >= 15 is 0 Å². The number of piperidine rings is 1. The molecule has 2 atom stereocenters. The van der Waals surface area contributed by atoms with Crippen LogP contribution >= 0.6 is 0 Å². The summed E-state index contributed by atoms with van der Waals surface area (Å²) in [5.41, 5.74) is -0.420. The van der Waals surface area contributed by atoms with Crippen molar-refractivity contribution in [3.8, 4) is 0 Å². The molecule has 0 aromatic heterocycles. The fraction of sp³-hybridized carbons (Fsp3) is 0.941. The third-order valence-electron chi connectivity index (χ3n) is 4.91. The molecule has 0 aromatic carbocycles. The van der Waals surface area contributed by atoms with E-state index in [0.717, 1.165) is 31.6 Å². The normalized spacial score (nSPS) is 28.7. The summed E-state index contributed by atoms with van der Waals surface area (Å²) >= 11 is 0. The minimum atomic E-state index is -0.420. The first-order valence-corrected chi connectivity index (χ1v) is 8.65. The molecule has 5 heteroatoms. The highest BCUT2D eigenvalue weighted by molar-refractivity contribution is 5.67. The molecule has 0 aliphatic carbocycles. The lowest BCUT2D eigenvalue weighted by atomic mass is 9.98. The van der Waals surface area contributed by atoms with Gasteiger partial charge >= 0.3 is 6.09 Å². The molecule has 0 aromatic rings. The summed E-state index contributed by atoms with van der Waals surface area (Å²) in [6.45, 7) is 7.40. The third kappa shape index (κ3) is 4.85. The van der Waals surface area contributed by atoms with Gasteiger partial charge in [-0.05, 0) is 66.5 Å². The molecule has 1 amide bonds. The number of amides is 1. The van der Waals surface area contributed by atoms with Crippen LogP contribution in [0, 0.1) is 0 Å². The highest BCUT2D eigenvalue weighted by atomic mass is 16.6. The van der Waals surface area contributed by atoms with E-state index in [0.29, 0.717) is 6.04 Å². The summed E-state index contributed by atoms with van der Waals surface area (Å²) in [5, 5.41) is 3.68. The topological polar surface area (TPSA) is 44.8 Å². The van der Waals surface area contributed by atoms with E-state index in [1.165, 1.54) is 25.7 Å². The predicted molar refractivity (Wildman–Crippen MR) is 89.1 cm³/mol. The van der Waals surface area contributed by atoms with Gasteiger partial charge in [0, 0.05) is 31.7 Å². The second-order valence-electron chi connectivity index (χ2n) is 7.93. The molecular formula is C17H33N3O2. The Balaban J connectivity index is 1.60. The fourth-order valence-electron chi connectivity index (χ4n) is 3.63. The van der Waals surface area contributed by atoms with Gasteiger partial charge in [0.15, 0.2) is 0 Å². The SMILES string of the molecule is CN(CCCNC1CC2CCC(C1)N2C)C(=O)OC(C)(C)C. The zero-order chi connectivity index (χ0) is 16.3. The van der Waals surface area contributed by atoms with Crippen molar-refractivity contribution in [2.24, 2.45) is 0 Å². The van der Waals surface area contributed by atoms with Crippen molar-refractivity contribution in [1.29, 1.82) is 0 Å². The molecule has 0 saturated carbocycles. The summed E-state index contributed by atoms with van der Waals surface area (Å²) in [5.74, 6) is 0. The number of rotatable bonds is 5. The second-order valence-corrected chi connectivity index (χ2v) is 7.93. The maximum absolute atomic E-state index is 11.9. The molecule has 22 heavy (non-hydrogen) atoms. The Labute approximate surface area is 135 Å². The van der Waals surface area contributed by atoms with Gasteiger partial charge in [0.2, 0.25) is 0 Å². The predicted octanol–water partition coefficient (Wildman–Crippen LogP) is 2.46. The van der Waals surface area contributed by atoms with E-state index in [9.17, 15) is 4.79 Å². The highest BCUT2D eigenvalue weighted by Gasteiger charge is 2.37. The van der Waals surface area contributed by atoms with Crippen molar-refractivity contribution in [1.82, 2.24) is 15.1 Å². The van der Waals surface area contributed by atoms with E-state index < -0.39 is 5.60 Å². The fourth-order valence-corrected chi connectivity index (χ4v) is 3.63. The molecule has 5 nitrogen and oxygen atoms in total. The average molecular weight is 311 g/mol. The van der Waals surface area contributed by atoms with E-state index in [2.05, 4.69) is 17.3 Å². The van der Waals surface area contributed by atoms with Crippen LogP contribution in [-0.4, -0.2) is 66.8 Å². The Morgan fingerprint density at radius 1 is 1.27 bits per heavy atom. The number of nitrogens with zero attached hydrogens (tertiary/aromatic N) is 2. The number of hydrogen-bond acceptors (Lipinski definition) is 4. The number of ether oxygens (including phenoxy) is 1. The molecular weight excluding hydrogens is 278 g/mol. The molecule has 2 fully saturated rings. The quantitative estimate of drug-likeness (QED) is 0.792. The Morgan fingerprint density at radius 2 is 1.86 bits per heavy atom. The minimum Gasteiger partial charge on any atom is -0.444 e. The first-order chi connectivity index (χ1) is 10.3. The van der Waals surface area contributed by atoms with Crippen molar-refractivity contribution in [3.05, 3.63) is 0 Å². The molecule has 0 spiro atoms. The number of fused-ring (bicyclic) bond motifs is 2. The molecule has 2 aliphatic rings. The summed E-state index contributed by atoms with van der Waals surface area (Å²) in [6, 6.07) is 2.21. The van der Waals surface area contributed by atoms with Crippen LogP contribution in [0.2, 0.25) is 0 Å². The summed E-state index contributed by atoms with van der Waals surface area (Å²) in [6.07, 6.45) is 6.01. The lowest BCUT2D eigenvalue weighted by Gasteiger charge is -2.36. The number of carbonyl (C=O) groups excluding carboxylic acids is 1. The van der Waals surface area contributed by atoms with Crippen LogP contribution in [0.1, 0.15) is 52.9 Å². The van der Waals surface area contributed by atoms with Gasteiger partial charge in [0.1, 0.15) is 5.60 Å². The molecule has 2 unspecified atom stereocenters. The molecule has 1 N–H and O–H groups in total. The van der Waals surface area contributed by atoms with Crippen LogP contribution in [-0.2, 0) is 4.74 Å². The van der Waals surface area contributed by atoms with Crippen LogP contribution in [0.4, 0.5) is 4.79 Å². The zero-order valence-corrected chi connectivity index (χ0v) is 14.9. The smallest absolute Gasteiger partial charge is 0.410 e. The molecule has 0 radical (unpaired) electrons. The second kappa shape index (κ2) is 7.18. The van der Waals surface area contributed by atoms with Gasteiger partial charge in [-0.3, -0.25) is 0 Å². The van der Waals surface area contributed by atoms with E-state index in [1.54, 1.807) is 4.90 Å². The van der Waals surface area contributed by atoms with E-state index in [4.69, 9.17) is 4.74 Å². The molecule has 2 rings (SSSR count). The van der Waals surface area contributed by atoms with Gasteiger partial charge in [0.25, 0.3) is 0 Å². The minimum absolute atomic E-state index is 0.232. The van der Waals surface area contributed by atoms with Gasteiger partial charge < -0.3 is 19.9 Å². The summed E-state index contributed by atoms with van der Waals surface area (Å²) in [7, 11) is 4.08. The van der Waals surface area contributed by atoms with Crippen molar-refractivity contribution in [3.63, 3.8) is 0 Å². The molecule has 128 valence electrons. The van der Waals surface area contributed by atoms with Gasteiger partial charge in [-0.2, -0.15) is 0 Å². The van der Waals surface area contributed by atoms with Crippen molar-refractivity contribution < 1.29 is 9.53 Å². The van der Waals surface area contributed by atoms with Crippen molar-refractivity contribution >= 4 is 6.09 Å².